The molecule has 0 radical (unpaired) electrons. The molecule has 2 aromatic rings. The van der Waals surface area contributed by atoms with Gasteiger partial charge < -0.3 is 20.1 Å². The number of carbonyl (C=O) groups excluding carboxylic acids is 2. The van der Waals surface area contributed by atoms with Crippen molar-refractivity contribution in [2.24, 2.45) is 11.0 Å². The summed E-state index contributed by atoms with van der Waals surface area (Å²) in [6, 6.07) is 9.73. The molecule has 0 aliphatic carbocycles. The Balaban J connectivity index is 1.52. The summed E-state index contributed by atoms with van der Waals surface area (Å²) in [7, 11) is 1.47. The molecule has 1 saturated heterocycles. The first kappa shape index (κ1) is 23.2. The molecule has 2 aromatic carbocycles. The maximum Gasteiger partial charge on any atom is 0.255 e. The topological polar surface area (TPSA) is 101 Å². The maximum absolute atomic E-state index is 14.0. The normalized spacial score (nSPS) is 20.6. The third-order valence-electron chi connectivity index (χ3n) is 5.63. The van der Waals surface area contributed by atoms with Crippen LogP contribution in [0.3, 0.4) is 0 Å². The average Bonchev–Trinajstić information content (AvgIpc) is 3.11. The zero-order valence-corrected chi connectivity index (χ0v) is 18.7. The van der Waals surface area contributed by atoms with Crippen molar-refractivity contribution in [3.05, 3.63) is 63.9 Å². The van der Waals surface area contributed by atoms with Crippen LogP contribution in [-0.4, -0.2) is 50.9 Å². The molecule has 10 heteroatoms. The lowest BCUT2D eigenvalue weighted by atomic mass is 9.95. The van der Waals surface area contributed by atoms with Crippen molar-refractivity contribution in [3.8, 4) is 5.75 Å². The van der Waals surface area contributed by atoms with E-state index in [1.54, 1.807) is 24.3 Å². The molecule has 174 valence electrons. The molecule has 4 rings (SSSR count). The second kappa shape index (κ2) is 10.3. The van der Waals surface area contributed by atoms with Crippen molar-refractivity contribution >= 4 is 29.1 Å². The number of nitrogens with zero attached hydrogens (tertiary/aromatic N) is 1. The predicted molar refractivity (Wildman–Crippen MR) is 121 cm³/mol. The van der Waals surface area contributed by atoms with Gasteiger partial charge in [-0.2, -0.15) is 5.10 Å². The fourth-order valence-electron chi connectivity index (χ4n) is 4.02. The van der Waals surface area contributed by atoms with Crippen LogP contribution in [0.5, 0.6) is 5.75 Å². The molecular formula is C23H24ClFN4O4. The Labute approximate surface area is 195 Å². The molecule has 1 fully saturated rings. The van der Waals surface area contributed by atoms with Gasteiger partial charge in [-0.05, 0) is 29.8 Å². The molecular weight excluding hydrogens is 451 g/mol. The van der Waals surface area contributed by atoms with Crippen LogP contribution in [0.25, 0.3) is 0 Å². The van der Waals surface area contributed by atoms with Crippen LogP contribution in [0.2, 0.25) is 5.02 Å². The molecule has 0 saturated carbocycles. The molecule has 0 bridgehead atoms. The summed E-state index contributed by atoms with van der Waals surface area (Å²) in [4.78, 5) is 24.6. The number of hydrogen-bond acceptors (Lipinski definition) is 6. The Morgan fingerprint density at radius 1 is 1.36 bits per heavy atom. The average molecular weight is 475 g/mol. The highest BCUT2D eigenvalue weighted by molar-refractivity contribution is 6.30. The van der Waals surface area contributed by atoms with E-state index < -0.39 is 11.9 Å². The Morgan fingerprint density at radius 2 is 2.21 bits per heavy atom. The number of hydrogen-bond donors (Lipinski definition) is 3. The van der Waals surface area contributed by atoms with E-state index in [0.717, 1.165) is 0 Å². The summed E-state index contributed by atoms with van der Waals surface area (Å²) in [6.45, 7) is 1.98. The van der Waals surface area contributed by atoms with Crippen molar-refractivity contribution in [1.29, 1.82) is 0 Å². The number of amides is 2. The molecule has 2 amide bonds. The number of carbonyl (C=O) groups is 2. The molecule has 33 heavy (non-hydrogen) atoms. The zero-order valence-electron chi connectivity index (χ0n) is 18.0. The maximum atomic E-state index is 14.0. The quantitative estimate of drug-likeness (QED) is 0.597. The number of benzene rings is 2. The first-order valence-corrected chi connectivity index (χ1v) is 10.9. The molecule has 3 N–H and O–H groups in total. The fraction of sp³-hybridized carbons (Fsp3) is 0.348. The number of para-hydroxylation sites is 1. The monoisotopic (exact) mass is 474 g/mol. The first-order chi connectivity index (χ1) is 16.0. The van der Waals surface area contributed by atoms with Crippen LogP contribution >= 0.6 is 11.6 Å². The van der Waals surface area contributed by atoms with Gasteiger partial charge in [0.05, 0.1) is 42.5 Å². The number of hydrazone groups is 1. The van der Waals surface area contributed by atoms with Crippen LogP contribution in [0, 0.1) is 11.7 Å². The molecule has 8 nitrogen and oxygen atoms in total. The molecule has 2 aliphatic heterocycles. The Kier molecular flexibility index (Phi) is 7.22. The molecule has 2 atom stereocenters. The van der Waals surface area contributed by atoms with Crippen LogP contribution < -0.4 is 20.8 Å². The summed E-state index contributed by atoms with van der Waals surface area (Å²) in [6.07, 6.45) is -0.295. The molecule has 0 spiro atoms. The Morgan fingerprint density at radius 3 is 2.94 bits per heavy atom. The standard InChI is InChI=1S/C23H24ClFN4O4/c1-32-22-15(19-10-20(30)29-28-19)3-2-4-16(22)23(31)27-12-14-11-26-7-8-33-21(14)13-5-6-17(24)18(25)9-13/h2-6,9,14,21,26H,7-8,10-12H2,1H3,(H,27,31)(H,29,30)/t14-,21-/m0/s1. The molecule has 2 heterocycles. The predicted octanol–water partition coefficient (Wildman–Crippen LogP) is 2.42. The number of methoxy groups -OCH3 is 1. The second-order valence-corrected chi connectivity index (χ2v) is 8.20. The Bertz CT molecular complexity index is 1090. The largest absolute Gasteiger partial charge is 0.495 e. The van der Waals surface area contributed by atoms with Gasteiger partial charge in [-0.1, -0.05) is 23.7 Å². The SMILES string of the molecule is COc1c(C(=O)NC[C@@H]2CNCCO[C@H]2c2ccc(Cl)c(F)c2)cccc1C1=NNC(=O)C1. The fourth-order valence-corrected chi connectivity index (χ4v) is 4.14. The summed E-state index contributed by atoms with van der Waals surface area (Å²) in [5, 5.41) is 10.3. The minimum Gasteiger partial charge on any atom is -0.495 e. The van der Waals surface area contributed by atoms with Crippen LogP contribution in [0.4, 0.5) is 4.39 Å². The summed E-state index contributed by atoms with van der Waals surface area (Å²) < 4.78 is 25.5. The summed E-state index contributed by atoms with van der Waals surface area (Å²) in [5.41, 5.74) is 4.49. The van der Waals surface area contributed by atoms with E-state index in [4.69, 9.17) is 21.1 Å². The van der Waals surface area contributed by atoms with E-state index in [-0.39, 0.29) is 35.7 Å². The highest BCUT2D eigenvalue weighted by Crippen LogP contribution is 2.30. The van der Waals surface area contributed by atoms with Gasteiger partial charge in [0.1, 0.15) is 11.6 Å². The van der Waals surface area contributed by atoms with Crippen LogP contribution in [-0.2, 0) is 9.53 Å². The Hall–Kier alpha value is -3.01. The molecule has 0 aromatic heterocycles. The third-order valence-corrected chi connectivity index (χ3v) is 5.93. The van der Waals surface area contributed by atoms with Gasteiger partial charge in [0, 0.05) is 31.1 Å². The number of rotatable bonds is 6. The number of ether oxygens (including phenoxy) is 2. The smallest absolute Gasteiger partial charge is 0.255 e. The molecule has 2 aliphatic rings. The van der Waals surface area contributed by atoms with Gasteiger partial charge in [-0.3, -0.25) is 9.59 Å². The highest BCUT2D eigenvalue weighted by atomic mass is 35.5. The first-order valence-electron chi connectivity index (χ1n) is 10.6. The lowest BCUT2D eigenvalue weighted by molar-refractivity contribution is -0.119. The second-order valence-electron chi connectivity index (χ2n) is 7.80. The highest BCUT2D eigenvalue weighted by Gasteiger charge is 2.28. The van der Waals surface area contributed by atoms with Gasteiger partial charge in [-0.15, -0.1) is 0 Å². The van der Waals surface area contributed by atoms with Gasteiger partial charge >= 0.3 is 0 Å². The van der Waals surface area contributed by atoms with Crippen molar-refractivity contribution in [2.75, 3.05) is 33.4 Å². The zero-order chi connectivity index (χ0) is 23.4. The molecule has 0 unspecified atom stereocenters. The van der Waals surface area contributed by atoms with Crippen LogP contribution in [0.1, 0.15) is 34.0 Å². The van der Waals surface area contributed by atoms with E-state index in [1.807, 2.05) is 0 Å². The number of halogens is 2. The van der Waals surface area contributed by atoms with E-state index in [9.17, 15) is 14.0 Å². The lowest BCUT2D eigenvalue weighted by Crippen LogP contribution is -2.36. The summed E-state index contributed by atoms with van der Waals surface area (Å²) in [5.74, 6) is -0.865. The van der Waals surface area contributed by atoms with Crippen LogP contribution in [0.15, 0.2) is 41.5 Å². The van der Waals surface area contributed by atoms with Crippen molar-refractivity contribution in [3.63, 3.8) is 0 Å². The number of nitrogens with one attached hydrogen (secondary N) is 3. The lowest BCUT2D eigenvalue weighted by Gasteiger charge is -2.26. The minimum absolute atomic E-state index is 0.0473. The van der Waals surface area contributed by atoms with Gasteiger partial charge in [0.15, 0.2) is 0 Å². The summed E-state index contributed by atoms with van der Waals surface area (Å²) >= 11 is 5.83. The van der Waals surface area contributed by atoms with Crippen molar-refractivity contribution < 1.29 is 23.5 Å². The van der Waals surface area contributed by atoms with Crippen molar-refractivity contribution in [2.45, 2.75) is 12.5 Å². The van der Waals surface area contributed by atoms with Gasteiger partial charge in [0.2, 0.25) is 5.91 Å². The third kappa shape index (κ3) is 5.16. The van der Waals surface area contributed by atoms with Gasteiger partial charge in [-0.25, -0.2) is 9.82 Å². The minimum atomic E-state index is -0.512. The van der Waals surface area contributed by atoms with Crippen molar-refractivity contribution in [1.82, 2.24) is 16.1 Å². The van der Waals surface area contributed by atoms with E-state index in [1.165, 1.54) is 19.2 Å². The van der Waals surface area contributed by atoms with E-state index in [2.05, 4.69) is 21.2 Å². The van der Waals surface area contributed by atoms with E-state index in [0.29, 0.717) is 47.8 Å². The van der Waals surface area contributed by atoms with E-state index >= 15 is 0 Å². The van der Waals surface area contributed by atoms with Gasteiger partial charge in [0.25, 0.3) is 5.91 Å².